The van der Waals surface area contributed by atoms with Crippen molar-refractivity contribution in [3.63, 3.8) is 0 Å². The third kappa shape index (κ3) is 3.61. The van der Waals surface area contributed by atoms with E-state index < -0.39 is 5.97 Å². The van der Waals surface area contributed by atoms with E-state index in [1.807, 2.05) is 12.1 Å². The number of H-pyrrole nitrogens is 1. The zero-order chi connectivity index (χ0) is 14.5. The highest BCUT2D eigenvalue weighted by Gasteiger charge is 2.13. The topological polar surface area (TPSA) is 56.3 Å². The number of fused-ring (bicyclic) bond motifs is 1. The summed E-state index contributed by atoms with van der Waals surface area (Å²) >= 11 is 0. The molecule has 2 N–H and O–H groups in total. The van der Waals surface area contributed by atoms with Gasteiger partial charge in [0.25, 0.3) is 0 Å². The van der Waals surface area contributed by atoms with Crippen LogP contribution in [0.1, 0.15) is 32.3 Å². The minimum absolute atomic E-state index is 0.233. The summed E-state index contributed by atoms with van der Waals surface area (Å²) in [6.07, 6.45) is 2.98. The summed E-state index contributed by atoms with van der Waals surface area (Å²) in [5.41, 5.74) is 2.42. The molecule has 4 heteroatoms. The molecule has 108 valence electrons. The maximum Gasteiger partial charge on any atom is 0.303 e. The molecule has 20 heavy (non-hydrogen) atoms. The molecule has 4 nitrogen and oxygen atoms in total. The van der Waals surface area contributed by atoms with Crippen molar-refractivity contribution in [2.45, 2.75) is 39.3 Å². The van der Waals surface area contributed by atoms with Gasteiger partial charge in [0.1, 0.15) is 0 Å². The number of nitrogens with zero attached hydrogens (tertiary/aromatic N) is 1. The van der Waals surface area contributed by atoms with Crippen LogP contribution in [-0.2, 0) is 11.3 Å². The predicted molar refractivity (Wildman–Crippen MR) is 80.7 cm³/mol. The van der Waals surface area contributed by atoms with E-state index in [0.717, 1.165) is 18.6 Å². The van der Waals surface area contributed by atoms with E-state index in [1.165, 1.54) is 10.9 Å². The number of carbonyl (C=O) groups is 1. The maximum atomic E-state index is 10.6. The number of aliphatic carboxylic acids is 1. The number of benzene rings is 1. The maximum absolute atomic E-state index is 10.6. The highest BCUT2D eigenvalue weighted by Crippen LogP contribution is 2.20. The summed E-state index contributed by atoms with van der Waals surface area (Å²) in [6.45, 7) is 5.95. The Morgan fingerprint density at radius 2 is 2.10 bits per heavy atom. The second kappa shape index (κ2) is 6.57. The molecule has 0 amide bonds. The standard InChI is InChI=1S/C16H22N2O2/c1-12(2)18(9-5-8-16(19)20)11-13-10-17-15-7-4-3-6-14(13)15/h3-4,6-7,10,12,17H,5,8-9,11H2,1-2H3,(H,19,20). The number of aromatic nitrogens is 1. The molecular formula is C16H22N2O2. The zero-order valence-corrected chi connectivity index (χ0v) is 12.1. The Labute approximate surface area is 119 Å². The van der Waals surface area contributed by atoms with E-state index in [-0.39, 0.29) is 6.42 Å². The van der Waals surface area contributed by atoms with Crippen molar-refractivity contribution in [3.8, 4) is 0 Å². The first-order chi connectivity index (χ1) is 9.58. The second-order valence-electron chi connectivity index (χ2n) is 5.42. The van der Waals surface area contributed by atoms with E-state index in [1.54, 1.807) is 0 Å². The SMILES string of the molecule is CC(C)N(CCCC(=O)O)Cc1c[nH]c2ccccc12. The number of rotatable bonds is 7. The van der Waals surface area contributed by atoms with Crippen molar-refractivity contribution in [3.05, 3.63) is 36.0 Å². The third-order valence-corrected chi connectivity index (χ3v) is 3.61. The molecule has 0 fully saturated rings. The number of para-hydroxylation sites is 1. The van der Waals surface area contributed by atoms with Crippen LogP contribution >= 0.6 is 0 Å². The molecule has 1 heterocycles. The van der Waals surface area contributed by atoms with Gasteiger partial charge < -0.3 is 10.1 Å². The summed E-state index contributed by atoms with van der Waals surface area (Å²) < 4.78 is 0. The van der Waals surface area contributed by atoms with Gasteiger partial charge in [0.2, 0.25) is 0 Å². The van der Waals surface area contributed by atoms with Crippen LogP contribution in [0, 0.1) is 0 Å². The summed E-state index contributed by atoms with van der Waals surface area (Å²) in [6, 6.07) is 8.66. The van der Waals surface area contributed by atoms with Gasteiger partial charge in [0.15, 0.2) is 0 Å². The Kier molecular flexibility index (Phi) is 4.79. The Balaban J connectivity index is 2.05. The van der Waals surface area contributed by atoms with Gasteiger partial charge >= 0.3 is 5.97 Å². The first-order valence-electron chi connectivity index (χ1n) is 7.08. The normalized spacial score (nSPS) is 11.6. The molecule has 2 rings (SSSR count). The van der Waals surface area contributed by atoms with Crippen LogP contribution in [0.4, 0.5) is 0 Å². The second-order valence-corrected chi connectivity index (χ2v) is 5.42. The Morgan fingerprint density at radius 1 is 1.35 bits per heavy atom. The molecular weight excluding hydrogens is 252 g/mol. The molecule has 1 aromatic carbocycles. The number of nitrogens with one attached hydrogen (secondary N) is 1. The van der Waals surface area contributed by atoms with E-state index >= 15 is 0 Å². The highest BCUT2D eigenvalue weighted by molar-refractivity contribution is 5.82. The molecule has 0 atom stereocenters. The first-order valence-corrected chi connectivity index (χ1v) is 7.08. The third-order valence-electron chi connectivity index (χ3n) is 3.61. The number of carboxylic acid groups (broad SMARTS) is 1. The Bertz CT molecular complexity index is 575. The lowest BCUT2D eigenvalue weighted by Crippen LogP contribution is -2.31. The molecule has 0 saturated carbocycles. The van der Waals surface area contributed by atoms with E-state index in [0.29, 0.717) is 12.5 Å². The largest absolute Gasteiger partial charge is 0.481 e. The van der Waals surface area contributed by atoms with Crippen molar-refractivity contribution in [1.29, 1.82) is 0 Å². The van der Waals surface area contributed by atoms with Crippen molar-refractivity contribution in [2.75, 3.05) is 6.54 Å². The van der Waals surface area contributed by atoms with Crippen molar-refractivity contribution in [2.24, 2.45) is 0 Å². The van der Waals surface area contributed by atoms with E-state index in [4.69, 9.17) is 5.11 Å². The average Bonchev–Trinajstić information content (AvgIpc) is 2.80. The fraction of sp³-hybridized carbons (Fsp3) is 0.438. The molecule has 1 aromatic heterocycles. The summed E-state index contributed by atoms with van der Waals surface area (Å²) in [7, 11) is 0. The Hall–Kier alpha value is -1.81. The summed E-state index contributed by atoms with van der Waals surface area (Å²) in [4.78, 5) is 16.2. The van der Waals surface area contributed by atoms with Crippen LogP contribution in [0.2, 0.25) is 0 Å². The minimum Gasteiger partial charge on any atom is -0.481 e. The van der Waals surface area contributed by atoms with Gasteiger partial charge in [-0.3, -0.25) is 9.69 Å². The smallest absolute Gasteiger partial charge is 0.303 e. The molecule has 0 bridgehead atoms. The molecule has 2 aromatic rings. The summed E-state index contributed by atoms with van der Waals surface area (Å²) in [5, 5.41) is 9.99. The first kappa shape index (κ1) is 14.6. The highest BCUT2D eigenvalue weighted by atomic mass is 16.4. The van der Waals surface area contributed by atoms with Crippen LogP contribution in [-0.4, -0.2) is 33.5 Å². The number of hydrogen-bond donors (Lipinski definition) is 2. The van der Waals surface area contributed by atoms with Crippen LogP contribution in [0.15, 0.2) is 30.5 Å². The molecule has 0 radical (unpaired) electrons. The molecule has 0 aliphatic rings. The minimum atomic E-state index is -0.721. The predicted octanol–water partition coefficient (Wildman–Crippen LogP) is 3.24. The van der Waals surface area contributed by atoms with Crippen molar-refractivity contribution < 1.29 is 9.90 Å². The molecule has 0 spiro atoms. The fourth-order valence-corrected chi connectivity index (χ4v) is 2.43. The quantitative estimate of drug-likeness (QED) is 0.815. The molecule has 0 unspecified atom stereocenters. The lowest BCUT2D eigenvalue weighted by Gasteiger charge is -2.26. The zero-order valence-electron chi connectivity index (χ0n) is 12.1. The van der Waals surface area contributed by atoms with Gasteiger partial charge in [-0.15, -0.1) is 0 Å². The van der Waals surface area contributed by atoms with E-state index in [9.17, 15) is 4.79 Å². The van der Waals surface area contributed by atoms with Gasteiger partial charge in [-0.05, 0) is 38.4 Å². The number of carboxylic acids is 1. The van der Waals surface area contributed by atoms with Gasteiger partial charge in [-0.25, -0.2) is 0 Å². The molecule has 0 aliphatic heterocycles. The van der Waals surface area contributed by atoms with Crippen LogP contribution in [0.5, 0.6) is 0 Å². The van der Waals surface area contributed by atoms with Crippen LogP contribution in [0.3, 0.4) is 0 Å². The Morgan fingerprint density at radius 3 is 2.80 bits per heavy atom. The monoisotopic (exact) mass is 274 g/mol. The fourth-order valence-electron chi connectivity index (χ4n) is 2.43. The van der Waals surface area contributed by atoms with Crippen LogP contribution in [0.25, 0.3) is 10.9 Å². The van der Waals surface area contributed by atoms with E-state index in [2.05, 4.69) is 42.1 Å². The van der Waals surface area contributed by atoms with Crippen LogP contribution < -0.4 is 0 Å². The van der Waals surface area contributed by atoms with Gasteiger partial charge in [-0.1, -0.05) is 18.2 Å². The summed E-state index contributed by atoms with van der Waals surface area (Å²) in [5.74, 6) is -0.721. The van der Waals surface area contributed by atoms with Gasteiger partial charge in [0, 0.05) is 36.1 Å². The van der Waals surface area contributed by atoms with Gasteiger partial charge in [-0.2, -0.15) is 0 Å². The molecule has 0 saturated heterocycles. The van der Waals surface area contributed by atoms with Crippen molar-refractivity contribution in [1.82, 2.24) is 9.88 Å². The lowest BCUT2D eigenvalue weighted by molar-refractivity contribution is -0.137. The molecule has 0 aliphatic carbocycles. The van der Waals surface area contributed by atoms with Gasteiger partial charge in [0.05, 0.1) is 0 Å². The average molecular weight is 274 g/mol. The lowest BCUT2D eigenvalue weighted by atomic mass is 10.1. The number of hydrogen-bond acceptors (Lipinski definition) is 2. The number of aromatic amines is 1. The van der Waals surface area contributed by atoms with Crippen molar-refractivity contribution >= 4 is 16.9 Å².